The summed E-state index contributed by atoms with van der Waals surface area (Å²) in [5.74, 6) is 0. The minimum atomic E-state index is 0.919. The lowest BCUT2D eigenvalue weighted by Gasteiger charge is -2.31. The van der Waals surface area contributed by atoms with E-state index in [-0.39, 0.29) is 0 Å². The van der Waals surface area contributed by atoms with Crippen LogP contribution in [0.5, 0.6) is 0 Å². The fourth-order valence-electron chi connectivity index (χ4n) is 1.78. The fraction of sp³-hybridized carbons (Fsp3) is 0.889. The molecule has 1 aliphatic heterocycles. The standard InChI is InChI=1S/C9H19N2/c1-9(2)10-11(3)7-5-4-6-8-11/h4-8H2,1-3H3/q+1. The van der Waals surface area contributed by atoms with E-state index in [1.54, 1.807) is 0 Å². The second kappa shape index (κ2) is 3.35. The molecule has 0 amide bonds. The lowest BCUT2D eigenvalue weighted by Crippen LogP contribution is -2.43. The van der Waals surface area contributed by atoms with Gasteiger partial charge in [-0.2, -0.15) is 0 Å². The van der Waals surface area contributed by atoms with Crippen molar-refractivity contribution >= 4 is 5.71 Å². The van der Waals surface area contributed by atoms with Gasteiger partial charge in [0.05, 0.1) is 12.8 Å². The summed E-state index contributed by atoms with van der Waals surface area (Å²) >= 11 is 0. The lowest BCUT2D eigenvalue weighted by molar-refractivity contribution is -0.920. The molecule has 1 saturated heterocycles. The number of hydrogen-bond donors (Lipinski definition) is 0. The zero-order valence-electron chi connectivity index (χ0n) is 7.93. The molecule has 0 N–H and O–H groups in total. The summed E-state index contributed by atoms with van der Waals surface area (Å²) in [4.78, 5) is 0. The van der Waals surface area contributed by atoms with Crippen molar-refractivity contribution in [2.24, 2.45) is 5.10 Å². The highest BCUT2D eigenvalue weighted by atomic mass is 15.6. The summed E-state index contributed by atoms with van der Waals surface area (Å²) in [5, 5.41) is 4.62. The summed E-state index contributed by atoms with van der Waals surface area (Å²) in [6.07, 6.45) is 4.08. The van der Waals surface area contributed by atoms with E-state index in [1.165, 1.54) is 38.1 Å². The van der Waals surface area contributed by atoms with E-state index >= 15 is 0 Å². The maximum absolute atomic E-state index is 4.62. The van der Waals surface area contributed by atoms with Crippen molar-refractivity contribution in [3.8, 4) is 0 Å². The Morgan fingerprint density at radius 1 is 1.09 bits per heavy atom. The average molecular weight is 155 g/mol. The first-order valence-corrected chi connectivity index (χ1v) is 4.50. The van der Waals surface area contributed by atoms with Crippen molar-refractivity contribution in [3.05, 3.63) is 0 Å². The Morgan fingerprint density at radius 3 is 2.09 bits per heavy atom. The van der Waals surface area contributed by atoms with Crippen molar-refractivity contribution in [2.75, 3.05) is 20.1 Å². The maximum Gasteiger partial charge on any atom is 0.103 e. The highest BCUT2D eigenvalue weighted by molar-refractivity contribution is 5.78. The van der Waals surface area contributed by atoms with Crippen LogP contribution in [0, 0.1) is 0 Å². The molecule has 0 aliphatic carbocycles. The highest BCUT2D eigenvalue weighted by Crippen LogP contribution is 2.16. The third-order valence-electron chi connectivity index (χ3n) is 2.22. The van der Waals surface area contributed by atoms with Gasteiger partial charge in [0, 0.05) is 0 Å². The monoisotopic (exact) mass is 155 g/mol. The number of quaternary nitrogens is 1. The molecule has 0 spiro atoms. The van der Waals surface area contributed by atoms with Gasteiger partial charge in [0.15, 0.2) is 0 Å². The van der Waals surface area contributed by atoms with Crippen LogP contribution in [0.25, 0.3) is 0 Å². The first-order valence-electron chi connectivity index (χ1n) is 4.50. The Kier molecular flexibility index (Phi) is 2.66. The van der Waals surface area contributed by atoms with E-state index in [0.717, 1.165) is 4.59 Å². The van der Waals surface area contributed by atoms with E-state index in [9.17, 15) is 0 Å². The van der Waals surface area contributed by atoms with Gasteiger partial charge < -0.3 is 0 Å². The molecule has 0 atom stereocenters. The smallest absolute Gasteiger partial charge is 0.103 e. The zero-order valence-corrected chi connectivity index (χ0v) is 7.93. The van der Waals surface area contributed by atoms with Gasteiger partial charge in [-0.05, 0) is 33.1 Å². The van der Waals surface area contributed by atoms with Crippen molar-refractivity contribution in [2.45, 2.75) is 33.1 Å². The van der Waals surface area contributed by atoms with Crippen LogP contribution in [0.3, 0.4) is 0 Å². The third-order valence-corrected chi connectivity index (χ3v) is 2.22. The van der Waals surface area contributed by atoms with Crippen LogP contribution in [-0.2, 0) is 0 Å². The van der Waals surface area contributed by atoms with Crippen molar-refractivity contribution in [1.82, 2.24) is 0 Å². The van der Waals surface area contributed by atoms with Gasteiger partial charge in [-0.3, -0.25) is 0 Å². The second-order valence-corrected chi connectivity index (χ2v) is 3.89. The molecule has 1 aliphatic rings. The Bertz CT molecular complexity index is 151. The summed E-state index contributed by atoms with van der Waals surface area (Å²) in [5.41, 5.74) is 1.20. The van der Waals surface area contributed by atoms with Crippen LogP contribution in [0.1, 0.15) is 33.1 Å². The average Bonchev–Trinajstić information content (AvgIpc) is 1.85. The fourth-order valence-corrected chi connectivity index (χ4v) is 1.78. The summed E-state index contributed by atoms with van der Waals surface area (Å²) in [6.45, 7) is 6.62. The summed E-state index contributed by atoms with van der Waals surface area (Å²) < 4.78 is 0.919. The molecule has 64 valence electrons. The Hall–Kier alpha value is -0.370. The molecule has 2 nitrogen and oxygen atoms in total. The van der Waals surface area contributed by atoms with Gasteiger partial charge in [-0.15, -0.1) is 0 Å². The van der Waals surface area contributed by atoms with Crippen LogP contribution in [0.2, 0.25) is 0 Å². The van der Waals surface area contributed by atoms with Crippen LogP contribution in [-0.4, -0.2) is 30.4 Å². The molecule has 0 aromatic carbocycles. The first kappa shape index (κ1) is 8.72. The van der Waals surface area contributed by atoms with Crippen LogP contribution >= 0.6 is 0 Å². The summed E-state index contributed by atoms with van der Waals surface area (Å²) in [6, 6.07) is 0. The van der Waals surface area contributed by atoms with Crippen molar-refractivity contribution < 1.29 is 4.59 Å². The summed E-state index contributed by atoms with van der Waals surface area (Å²) in [7, 11) is 2.23. The molecule has 0 unspecified atom stereocenters. The predicted molar refractivity (Wildman–Crippen MR) is 48.6 cm³/mol. The maximum atomic E-state index is 4.62. The van der Waals surface area contributed by atoms with Crippen LogP contribution < -0.4 is 0 Å². The van der Waals surface area contributed by atoms with Crippen LogP contribution in [0.15, 0.2) is 5.10 Å². The van der Waals surface area contributed by atoms with E-state index in [4.69, 9.17) is 0 Å². The third kappa shape index (κ3) is 2.62. The molecule has 1 fully saturated rings. The Balaban J connectivity index is 2.57. The number of nitrogens with zero attached hydrogens (tertiary/aromatic N) is 2. The van der Waals surface area contributed by atoms with Crippen LogP contribution in [0.4, 0.5) is 0 Å². The van der Waals surface area contributed by atoms with E-state index in [1.807, 2.05) is 0 Å². The molecule has 2 heteroatoms. The highest BCUT2D eigenvalue weighted by Gasteiger charge is 2.23. The number of hydrogen-bond acceptors (Lipinski definition) is 1. The lowest BCUT2D eigenvalue weighted by atomic mass is 10.1. The minimum absolute atomic E-state index is 0.919. The molecule has 1 heterocycles. The minimum Gasteiger partial charge on any atom is -0.200 e. The van der Waals surface area contributed by atoms with E-state index in [2.05, 4.69) is 26.0 Å². The first-order chi connectivity index (χ1) is 5.12. The SMILES string of the molecule is CC(C)=N[N+]1(C)CCCCC1. The van der Waals surface area contributed by atoms with Gasteiger partial charge in [-0.25, -0.2) is 4.59 Å². The molecule has 1 rings (SSSR count). The Labute approximate surface area is 69.5 Å². The van der Waals surface area contributed by atoms with Gasteiger partial charge in [0.25, 0.3) is 0 Å². The Morgan fingerprint density at radius 2 is 1.64 bits per heavy atom. The van der Waals surface area contributed by atoms with E-state index < -0.39 is 0 Å². The molecule has 0 radical (unpaired) electrons. The van der Waals surface area contributed by atoms with E-state index in [0.29, 0.717) is 0 Å². The number of likely N-dealkylation sites (tertiary alicyclic amines) is 1. The largest absolute Gasteiger partial charge is 0.200 e. The molecule has 11 heavy (non-hydrogen) atoms. The normalized spacial score (nSPS) is 22.8. The molecular formula is C9H19N2+. The molecule has 0 aromatic heterocycles. The number of rotatable bonds is 1. The topological polar surface area (TPSA) is 12.4 Å². The predicted octanol–water partition coefficient (Wildman–Crippen LogP) is 2.01. The molecule has 0 aromatic rings. The quantitative estimate of drug-likeness (QED) is 0.406. The second-order valence-electron chi connectivity index (χ2n) is 3.89. The molecule has 0 saturated carbocycles. The van der Waals surface area contributed by atoms with Gasteiger partial charge in [-0.1, -0.05) is 5.10 Å². The zero-order chi connectivity index (χ0) is 8.32. The van der Waals surface area contributed by atoms with Crippen molar-refractivity contribution in [3.63, 3.8) is 0 Å². The molecule has 0 bridgehead atoms. The van der Waals surface area contributed by atoms with Gasteiger partial charge in [0.1, 0.15) is 13.1 Å². The van der Waals surface area contributed by atoms with Crippen molar-refractivity contribution in [1.29, 1.82) is 0 Å². The number of piperidine rings is 1. The van der Waals surface area contributed by atoms with Gasteiger partial charge >= 0.3 is 0 Å². The molecular weight excluding hydrogens is 136 g/mol. The van der Waals surface area contributed by atoms with Gasteiger partial charge in [0.2, 0.25) is 0 Å².